The van der Waals surface area contributed by atoms with Gasteiger partial charge in [-0.05, 0) is 37.0 Å². The Kier molecular flexibility index (Phi) is 4.53. The van der Waals surface area contributed by atoms with E-state index in [2.05, 4.69) is 4.72 Å². The van der Waals surface area contributed by atoms with Gasteiger partial charge in [-0.1, -0.05) is 20.8 Å². The number of fused-ring (bicyclic) bond motifs is 2. The topological polar surface area (TPSA) is 83.5 Å². The Labute approximate surface area is 127 Å². The summed E-state index contributed by atoms with van der Waals surface area (Å²) in [4.78, 5) is 12.3. The smallest absolute Gasteiger partial charge is 0.212 e. The molecule has 3 atom stereocenters. The van der Waals surface area contributed by atoms with Crippen LogP contribution in [0.15, 0.2) is 0 Å². The third-order valence-corrected chi connectivity index (χ3v) is 7.36. The number of Topliss-reactive ketones (excluding diaryl/α,β-unsaturated/α-hetero) is 1. The quantitative estimate of drug-likeness (QED) is 0.744. The van der Waals surface area contributed by atoms with E-state index in [4.69, 9.17) is 0 Å². The molecule has 0 saturated heterocycles. The zero-order valence-electron chi connectivity index (χ0n) is 13.2. The van der Waals surface area contributed by atoms with Gasteiger partial charge in [0.15, 0.2) is 0 Å². The van der Waals surface area contributed by atoms with Crippen LogP contribution in [0.3, 0.4) is 0 Å². The fourth-order valence-electron chi connectivity index (χ4n) is 4.07. The molecule has 0 aromatic rings. The molecule has 0 aromatic carbocycles. The van der Waals surface area contributed by atoms with Crippen molar-refractivity contribution in [3.63, 3.8) is 0 Å². The molecular weight excluding hydrogens is 290 g/mol. The standard InChI is InChI=1S/C15H27NO4S/c1-4-12(17)6-8-16-21(19,20)10-15-7-5-11(9-13(15)18)14(15,2)3/h11-12,16-17H,4-10H2,1-3H3/t11-,12-,15-/m0/s1. The molecule has 2 fully saturated rings. The first kappa shape index (κ1) is 16.9. The number of carbonyl (C=O) groups excluding carboxylic acids is 1. The summed E-state index contributed by atoms with van der Waals surface area (Å²) < 4.78 is 27.2. The minimum atomic E-state index is -3.50. The van der Waals surface area contributed by atoms with Gasteiger partial charge in [-0.25, -0.2) is 13.1 Å². The van der Waals surface area contributed by atoms with Gasteiger partial charge in [-0.3, -0.25) is 4.79 Å². The van der Waals surface area contributed by atoms with Crippen LogP contribution in [0, 0.1) is 16.7 Å². The Morgan fingerprint density at radius 1 is 1.43 bits per heavy atom. The predicted octanol–water partition coefficient (Wildman–Crippen LogP) is 1.46. The largest absolute Gasteiger partial charge is 0.393 e. The highest BCUT2D eigenvalue weighted by Crippen LogP contribution is 2.64. The highest BCUT2D eigenvalue weighted by atomic mass is 32.2. The Balaban J connectivity index is 2.04. The molecule has 2 aliphatic carbocycles. The lowest BCUT2D eigenvalue weighted by atomic mass is 9.70. The molecule has 0 heterocycles. The number of carbonyl (C=O) groups is 1. The summed E-state index contributed by atoms with van der Waals surface area (Å²) in [6.07, 6.45) is 2.69. The van der Waals surface area contributed by atoms with Crippen LogP contribution >= 0.6 is 0 Å². The lowest BCUT2D eigenvalue weighted by molar-refractivity contribution is -0.128. The third-order valence-electron chi connectivity index (χ3n) is 5.85. The van der Waals surface area contributed by atoms with Crippen LogP contribution in [-0.2, 0) is 14.8 Å². The minimum absolute atomic E-state index is 0.107. The molecule has 21 heavy (non-hydrogen) atoms. The Morgan fingerprint density at radius 3 is 2.57 bits per heavy atom. The number of aliphatic hydroxyl groups excluding tert-OH is 1. The molecule has 0 amide bonds. The molecule has 2 saturated carbocycles. The molecule has 0 aromatic heterocycles. The summed E-state index contributed by atoms with van der Waals surface area (Å²) in [6, 6.07) is 0. The van der Waals surface area contributed by atoms with Gasteiger partial charge in [-0.15, -0.1) is 0 Å². The van der Waals surface area contributed by atoms with Crippen molar-refractivity contribution in [2.45, 2.75) is 59.0 Å². The van der Waals surface area contributed by atoms with E-state index in [9.17, 15) is 18.3 Å². The van der Waals surface area contributed by atoms with Crippen LogP contribution in [-0.4, -0.2) is 37.7 Å². The second kappa shape index (κ2) is 5.63. The molecule has 122 valence electrons. The minimum Gasteiger partial charge on any atom is -0.393 e. The first-order chi connectivity index (χ1) is 9.64. The van der Waals surface area contributed by atoms with Crippen LogP contribution in [0.2, 0.25) is 0 Å². The summed E-state index contributed by atoms with van der Waals surface area (Å²) in [5.41, 5.74) is -0.950. The van der Waals surface area contributed by atoms with Gasteiger partial charge >= 0.3 is 0 Å². The van der Waals surface area contributed by atoms with Crippen molar-refractivity contribution < 1.29 is 18.3 Å². The zero-order chi connectivity index (χ0) is 15.9. The Bertz CT molecular complexity index is 514. The third kappa shape index (κ3) is 2.90. The molecule has 2 aliphatic rings. The predicted molar refractivity (Wildman–Crippen MR) is 81.3 cm³/mol. The van der Waals surface area contributed by atoms with Crippen molar-refractivity contribution in [2.24, 2.45) is 16.7 Å². The van der Waals surface area contributed by atoms with E-state index in [-0.39, 0.29) is 23.5 Å². The van der Waals surface area contributed by atoms with Gasteiger partial charge < -0.3 is 5.11 Å². The maximum absolute atomic E-state index is 12.3. The van der Waals surface area contributed by atoms with Gasteiger partial charge in [0.05, 0.1) is 11.9 Å². The van der Waals surface area contributed by atoms with Gasteiger partial charge in [0, 0.05) is 18.4 Å². The van der Waals surface area contributed by atoms with Crippen molar-refractivity contribution in [3.05, 3.63) is 0 Å². The van der Waals surface area contributed by atoms with E-state index in [1.807, 2.05) is 20.8 Å². The highest BCUT2D eigenvalue weighted by molar-refractivity contribution is 7.89. The van der Waals surface area contributed by atoms with Crippen molar-refractivity contribution in [2.75, 3.05) is 12.3 Å². The molecule has 2 N–H and O–H groups in total. The Hall–Kier alpha value is -0.460. The highest BCUT2D eigenvalue weighted by Gasteiger charge is 2.65. The number of nitrogens with one attached hydrogen (secondary N) is 1. The van der Waals surface area contributed by atoms with Crippen LogP contribution in [0.5, 0.6) is 0 Å². The summed E-state index contributed by atoms with van der Waals surface area (Å²) >= 11 is 0. The van der Waals surface area contributed by atoms with E-state index in [1.54, 1.807) is 0 Å². The number of aliphatic hydroxyl groups is 1. The van der Waals surface area contributed by atoms with E-state index in [0.29, 0.717) is 31.6 Å². The zero-order valence-corrected chi connectivity index (χ0v) is 14.0. The molecule has 0 aliphatic heterocycles. The molecular formula is C15H27NO4S. The van der Waals surface area contributed by atoms with Crippen LogP contribution in [0.25, 0.3) is 0 Å². The van der Waals surface area contributed by atoms with E-state index in [1.165, 1.54) is 0 Å². The SMILES string of the molecule is CC[C@H](O)CCNS(=O)(=O)C[C@@]12CC[C@@H](CC1=O)C2(C)C. The van der Waals surface area contributed by atoms with Crippen LogP contribution in [0.1, 0.15) is 52.9 Å². The molecule has 0 unspecified atom stereocenters. The van der Waals surface area contributed by atoms with Crippen molar-refractivity contribution in [1.29, 1.82) is 0 Å². The molecule has 2 bridgehead atoms. The van der Waals surface area contributed by atoms with Gasteiger partial charge in [-0.2, -0.15) is 0 Å². The number of ketones is 1. The van der Waals surface area contributed by atoms with Crippen molar-refractivity contribution in [3.8, 4) is 0 Å². The van der Waals surface area contributed by atoms with Crippen molar-refractivity contribution >= 4 is 15.8 Å². The number of rotatable bonds is 7. The fourth-order valence-corrected chi connectivity index (χ4v) is 5.93. The second-order valence-electron chi connectivity index (χ2n) is 7.17. The first-order valence-electron chi connectivity index (χ1n) is 7.83. The number of sulfonamides is 1. The second-order valence-corrected chi connectivity index (χ2v) is 8.98. The molecule has 0 radical (unpaired) electrons. The van der Waals surface area contributed by atoms with Crippen molar-refractivity contribution in [1.82, 2.24) is 4.72 Å². The van der Waals surface area contributed by atoms with Gasteiger partial charge in [0.25, 0.3) is 0 Å². The van der Waals surface area contributed by atoms with Gasteiger partial charge in [0.1, 0.15) is 5.78 Å². The average molecular weight is 317 g/mol. The molecule has 0 spiro atoms. The van der Waals surface area contributed by atoms with E-state index in [0.717, 1.165) is 6.42 Å². The summed E-state index contributed by atoms with van der Waals surface area (Å²) in [6.45, 7) is 6.15. The van der Waals surface area contributed by atoms with E-state index < -0.39 is 21.5 Å². The van der Waals surface area contributed by atoms with Crippen LogP contribution < -0.4 is 4.72 Å². The summed E-state index contributed by atoms with van der Waals surface area (Å²) in [5, 5.41) is 9.48. The number of hydrogen-bond acceptors (Lipinski definition) is 4. The van der Waals surface area contributed by atoms with Crippen LogP contribution in [0.4, 0.5) is 0 Å². The molecule has 5 nitrogen and oxygen atoms in total. The maximum atomic E-state index is 12.3. The van der Waals surface area contributed by atoms with E-state index >= 15 is 0 Å². The normalized spacial score (nSPS) is 32.6. The monoisotopic (exact) mass is 317 g/mol. The first-order valence-corrected chi connectivity index (χ1v) is 9.48. The fraction of sp³-hybridized carbons (Fsp3) is 0.933. The lowest BCUT2D eigenvalue weighted by Gasteiger charge is -2.36. The average Bonchev–Trinajstić information content (AvgIpc) is 2.71. The summed E-state index contributed by atoms with van der Waals surface area (Å²) in [5.74, 6) is 0.328. The molecule has 6 heteroatoms. The molecule has 2 rings (SSSR count). The summed E-state index contributed by atoms with van der Waals surface area (Å²) in [7, 11) is -3.50. The lowest BCUT2D eigenvalue weighted by Crippen LogP contribution is -2.45. The number of hydrogen-bond donors (Lipinski definition) is 2. The Morgan fingerprint density at radius 2 is 2.10 bits per heavy atom. The maximum Gasteiger partial charge on any atom is 0.212 e. The van der Waals surface area contributed by atoms with Gasteiger partial charge in [0.2, 0.25) is 10.0 Å².